The van der Waals surface area contributed by atoms with Crippen LogP contribution < -0.4 is 10.6 Å². The van der Waals surface area contributed by atoms with Crippen LogP contribution in [-0.2, 0) is 15.7 Å². The van der Waals surface area contributed by atoms with Gasteiger partial charge in [-0.25, -0.2) is 4.79 Å². The number of carbonyl (C=O) groups is 3. The van der Waals surface area contributed by atoms with E-state index in [2.05, 4.69) is 10.6 Å². The van der Waals surface area contributed by atoms with Crippen molar-refractivity contribution in [1.29, 1.82) is 0 Å². The fraction of sp³-hybridized carbons (Fsp3) is 0.136. The third-order valence-corrected chi connectivity index (χ3v) is 5.40. The van der Waals surface area contributed by atoms with Crippen LogP contribution in [0, 0.1) is 0 Å². The summed E-state index contributed by atoms with van der Waals surface area (Å²) in [7, 11) is 0. The predicted octanol–water partition coefficient (Wildman–Crippen LogP) is 5.86. The predicted molar refractivity (Wildman–Crippen MR) is 119 cm³/mol. The third kappa shape index (κ3) is 6.33. The van der Waals surface area contributed by atoms with E-state index in [9.17, 15) is 27.6 Å². The van der Waals surface area contributed by atoms with Gasteiger partial charge in [0.2, 0.25) is 0 Å². The number of nitrogens with one attached hydrogen (secondary N) is 2. The molecular weight excluding hydrogens is 481 g/mol. The molecule has 1 atom stereocenters. The highest BCUT2D eigenvalue weighted by molar-refractivity contribution is 7.12. The van der Waals surface area contributed by atoms with Gasteiger partial charge in [0.25, 0.3) is 11.8 Å². The Bertz CT molecular complexity index is 1180. The molecule has 0 aliphatic rings. The lowest BCUT2D eigenvalue weighted by Crippen LogP contribution is -2.30. The van der Waals surface area contributed by atoms with E-state index in [0.717, 1.165) is 6.07 Å². The highest BCUT2D eigenvalue weighted by atomic mass is 35.5. The molecule has 172 valence electrons. The maximum Gasteiger partial charge on any atom is 0.418 e. The molecule has 0 fully saturated rings. The lowest BCUT2D eigenvalue weighted by Gasteiger charge is -2.17. The molecule has 33 heavy (non-hydrogen) atoms. The Kier molecular flexibility index (Phi) is 7.39. The maximum absolute atomic E-state index is 13.2. The summed E-state index contributed by atoms with van der Waals surface area (Å²) >= 11 is 6.87. The number of esters is 1. The van der Waals surface area contributed by atoms with Gasteiger partial charge in [-0.05, 0) is 54.8 Å². The molecule has 11 heteroatoms. The lowest BCUT2D eigenvalue weighted by atomic mass is 10.1. The Hall–Kier alpha value is -3.37. The van der Waals surface area contributed by atoms with E-state index in [-0.39, 0.29) is 16.5 Å². The van der Waals surface area contributed by atoms with Gasteiger partial charge < -0.3 is 15.4 Å². The van der Waals surface area contributed by atoms with Gasteiger partial charge in [0.05, 0.1) is 21.7 Å². The van der Waals surface area contributed by atoms with Gasteiger partial charge in [0.1, 0.15) is 0 Å². The van der Waals surface area contributed by atoms with Crippen LogP contribution in [0.4, 0.5) is 24.5 Å². The van der Waals surface area contributed by atoms with E-state index in [1.807, 2.05) is 0 Å². The fourth-order valence-corrected chi connectivity index (χ4v) is 3.49. The van der Waals surface area contributed by atoms with E-state index in [0.29, 0.717) is 16.6 Å². The van der Waals surface area contributed by atoms with Crippen LogP contribution in [0.15, 0.2) is 60.0 Å². The van der Waals surface area contributed by atoms with Gasteiger partial charge in [-0.1, -0.05) is 23.7 Å². The van der Waals surface area contributed by atoms with Crippen molar-refractivity contribution in [2.45, 2.75) is 19.2 Å². The van der Waals surface area contributed by atoms with Gasteiger partial charge >= 0.3 is 12.1 Å². The molecule has 2 aromatic carbocycles. The van der Waals surface area contributed by atoms with Crippen LogP contribution in [0.1, 0.15) is 32.5 Å². The molecular formula is C22H16ClF3N2O4S. The van der Waals surface area contributed by atoms with Gasteiger partial charge in [-0.15, -0.1) is 11.3 Å². The van der Waals surface area contributed by atoms with E-state index >= 15 is 0 Å². The summed E-state index contributed by atoms with van der Waals surface area (Å²) in [5.41, 5.74) is -1.27. The molecule has 6 nitrogen and oxygen atoms in total. The van der Waals surface area contributed by atoms with Gasteiger partial charge in [-0.3, -0.25) is 9.59 Å². The summed E-state index contributed by atoms with van der Waals surface area (Å²) in [6.45, 7) is 1.22. The first-order valence-corrected chi connectivity index (χ1v) is 10.6. The number of thiophene rings is 1. The Morgan fingerprint density at radius 2 is 1.79 bits per heavy atom. The van der Waals surface area contributed by atoms with Crippen molar-refractivity contribution in [1.82, 2.24) is 0 Å². The molecule has 2 amide bonds. The molecule has 3 aromatic rings. The maximum atomic E-state index is 13.2. The van der Waals surface area contributed by atoms with Gasteiger partial charge in [0.15, 0.2) is 6.10 Å². The Morgan fingerprint density at radius 3 is 2.45 bits per heavy atom. The molecule has 1 aromatic heterocycles. The van der Waals surface area contributed by atoms with Crippen LogP contribution >= 0.6 is 22.9 Å². The zero-order valence-electron chi connectivity index (χ0n) is 16.9. The average Bonchev–Trinajstić information content (AvgIpc) is 3.29. The van der Waals surface area contributed by atoms with Crippen molar-refractivity contribution in [2.24, 2.45) is 0 Å². The quantitative estimate of drug-likeness (QED) is 0.419. The number of hydrogen-bond donors (Lipinski definition) is 2. The fourth-order valence-electron chi connectivity index (χ4n) is 2.70. The Balaban J connectivity index is 1.66. The molecule has 2 N–H and O–H groups in total. The number of rotatable bonds is 6. The summed E-state index contributed by atoms with van der Waals surface area (Å²) in [5, 5.41) is 6.34. The zero-order valence-corrected chi connectivity index (χ0v) is 18.5. The molecule has 0 radical (unpaired) electrons. The second-order valence-corrected chi connectivity index (χ2v) is 8.12. The van der Waals surface area contributed by atoms with E-state index < -0.39 is 35.4 Å². The summed E-state index contributed by atoms with van der Waals surface area (Å²) in [6, 6.07) is 12.1. The standard InChI is InChI=1S/C22H16ClF3N2O4S/c1-12(19(29)28-17-8-7-14(23)11-16(17)22(24,25)26)32-21(31)13-4-2-5-15(10-13)27-20(30)18-6-3-9-33-18/h2-12H,1H3,(H,27,30)(H,28,29). The highest BCUT2D eigenvalue weighted by Crippen LogP contribution is 2.36. The number of alkyl halides is 3. The smallest absolute Gasteiger partial charge is 0.418 e. The Labute approximate surface area is 195 Å². The van der Waals surface area contributed by atoms with Crippen molar-refractivity contribution in [3.63, 3.8) is 0 Å². The molecule has 0 aliphatic heterocycles. The van der Waals surface area contributed by atoms with E-state index in [4.69, 9.17) is 16.3 Å². The van der Waals surface area contributed by atoms with Gasteiger partial charge in [0, 0.05) is 10.7 Å². The SMILES string of the molecule is CC(OC(=O)c1cccc(NC(=O)c2cccs2)c1)C(=O)Nc1ccc(Cl)cc1C(F)(F)F. The summed E-state index contributed by atoms with van der Waals surface area (Å²) in [4.78, 5) is 37.4. The lowest BCUT2D eigenvalue weighted by molar-refractivity contribution is -0.137. The first-order chi connectivity index (χ1) is 15.5. The third-order valence-electron chi connectivity index (χ3n) is 4.30. The first-order valence-electron chi connectivity index (χ1n) is 9.38. The second-order valence-electron chi connectivity index (χ2n) is 6.74. The number of ether oxygens (including phenoxy) is 1. The largest absolute Gasteiger partial charge is 0.449 e. The molecule has 1 unspecified atom stereocenters. The van der Waals surface area contributed by atoms with Crippen molar-refractivity contribution in [2.75, 3.05) is 10.6 Å². The summed E-state index contributed by atoms with van der Waals surface area (Å²) < 4.78 is 44.7. The average molecular weight is 497 g/mol. The van der Waals surface area contributed by atoms with Gasteiger partial charge in [-0.2, -0.15) is 13.2 Å². The first kappa shape index (κ1) is 24.3. The minimum absolute atomic E-state index is 0.0427. The molecule has 0 saturated carbocycles. The van der Waals surface area contributed by atoms with Crippen molar-refractivity contribution in [3.05, 3.63) is 81.0 Å². The molecule has 1 heterocycles. The molecule has 0 bridgehead atoms. The number of hydrogen-bond acceptors (Lipinski definition) is 5. The number of benzene rings is 2. The van der Waals surface area contributed by atoms with Crippen LogP contribution in [0.25, 0.3) is 0 Å². The van der Waals surface area contributed by atoms with E-state index in [1.165, 1.54) is 42.5 Å². The van der Waals surface area contributed by atoms with Crippen LogP contribution in [0.5, 0.6) is 0 Å². The number of anilines is 2. The minimum Gasteiger partial charge on any atom is -0.449 e. The normalized spacial score (nSPS) is 12.0. The second kappa shape index (κ2) is 10.1. The van der Waals surface area contributed by atoms with Crippen molar-refractivity contribution >= 4 is 52.1 Å². The van der Waals surface area contributed by atoms with Crippen molar-refractivity contribution < 1.29 is 32.3 Å². The molecule has 0 aliphatic carbocycles. The number of halogens is 4. The number of amides is 2. The number of carbonyl (C=O) groups excluding carboxylic acids is 3. The van der Waals surface area contributed by atoms with E-state index in [1.54, 1.807) is 23.6 Å². The summed E-state index contributed by atoms with van der Waals surface area (Å²) in [6.07, 6.45) is -6.15. The monoisotopic (exact) mass is 496 g/mol. The van der Waals surface area contributed by atoms with Crippen molar-refractivity contribution in [3.8, 4) is 0 Å². The van der Waals surface area contributed by atoms with Crippen LogP contribution in [0.2, 0.25) is 5.02 Å². The Morgan fingerprint density at radius 1 is 1.03 bits per heavy atom. The van der Waals surface area contributed by atoms with Crippen LogP contribution in [0.3, 0.4) is 0 Å². The molecule has 3 rings (SSSR count). The molecule has 0 saturated heterocycles. The minimum atomic E-state index is -4.75. The topological polar surface area (TPSA) is 84.5 Å². The highest BCUT2D eigenvalue weighted by Gasteiger charge is 2.34. The van der Waals surface area contributed by atoms with Crippen LogP contribution in [-0.4, -0.2) is 23.9 Å². The zero-order chi connectivity index (χ0) is 24.2. The molecule has 0 spiro atoms. The summed E-state index contributed by atoms with van der Waals surface area (Å²) in [5.74, 6) is -2.21.